The zero-order chi connectivity index (χ0) is 18.8. The standard InChI is InChI=1S/C17H13BrN4O4/c1-10-6-11(18)2-4-14(10)20-16(23)8-21-9-19-15-5-3-12(22(25)26)7-13(15)17(21)24/h2-7,9H,8H2,1H3,(H,20,23). The Hall–Kier alpha value is -3.07. The first-order valence-electron chi connectivity index (χ1n) is 7.55. The molecular weight excluding hydrogens is 404 g/mol. The lowest BCUT2D eigenvalue weighted by Gasteiger charge is -2.10. The minimum atomic E-state index is -0.584. The van der Waals surface area contributed by atoms with Gasteiger partial charge in [-0.2, -0.15) is 0 Å². The number of nitrogens with zero attached hydrogens (tertiary/aromatic N) is 3. The summed E-state index contributed by atoms with van der Waals surface area (Å²) in [4.78, 5) is 39.2. The molecule has 0 radical (unpaired) electrons. The number of carbonyl (C=O) groups excluding carboxylic acids is 1. The molecule has 0 saturated heterocycles. The number of nitro groups is 1. The van der Waals surface area contributed by atoms with Gasteiger partial charge < -0.3 is 5.32 Å². The van der Waals surface area contributed by atoms with E-state index in [4.69, 9.17) is 0 Å². The van der Waals surface area contributed by atoms with E-state index in [0.29, 0.717) is 11.2 Å². The summed E-state index contributed by atoms with van der Waals surface area (Å²) in [6.45, 7) is 1.60. The van der Waals surface area contributed by atoms with Gasteiger partial charge in [-0.1, -0.05) is 15.9 Å². The number of benzene rings is 2. The number of anilines is 1. The van der Waals surface area contributed by atoms with Crippen molar-refractivity contribution in [3.05, 3.63) is 73.2 Å². The van der Waals surface area contributed by atoms with E-state index in [2.05, 4.69) is 26.2 Å². The number of fused-ring (bicyclic) bond motifs is 1. The number of nitro benzene ring substituents is 1. The molecular formula is C17H13BrN4O4. The molecule has 0 spiro atoms. The fourth-order valence-electron chi connectivity index (χ4n) is 2.48. The Balaban J connectivity index is 1.88. The monoisotopic (exact) mass is 416 g/mol. The molecule has 0 fully saturated rings. The SMILES string of the molecule is Cc1cc(Br)ccc1NC(=O)Cn1cnc2ccc([N+](=O)[O-])cc2c1=O. The lowest BCUT2D eigenvalue weighted by atomic mass is 10.2. The van der Waals surface area contributed by atoms with Crippen molar-refractivity contribution in [2.45, 2.75) is 13.5 Å². The minimum absolute atomic E-state index is 0.0920. The van der Waals surface area contributed by atoms with Crippen molar-refractivity contribution >= 4 is 44.1 Å². The molecule has 132 valence electrons. The summed E-state index contributed by atoms with van der Waals surface area (Å²) in [7, 11) is 0. The maximum Gasteiger partial charge on any atom is 0.270 e. The number of aryl methyl sites for hydroxylation is 1. The van der Waals surface area contributed by atoms with Crippen molar-refractivity contribution in [2.24, 2.45) is 0 Å². The van der Waals surface area contributed by atoms with Crippen LogP contribution in [0.15, 0.2) is 52.0 Å². The number of amides is 1. The molecule has 1 N–H and O–H groups in total. The molecule has 26 heavy (non-hydrogen) atoms. The number of nitrogens with one attached hydrogen (secondary N) is 1. The van der Waals surface area contributed by atoms with E-state index >= 15 is 0 Å². The van der Waals surface area contributed by atoms with Gasteiger partial charge >= 0.3 is 0 Å². The average Bonchev–Trinajstić information content (AvgIpc) is 2.59. The van der Waals surface area contributed by atoms with E-state index in [1.807, 2.05) is 13.0 Å². The molecule has 1 heterocycles. The van der Waals surface area contributed by atoms with Crippen LogP contribution in [0.3, 0.4) is 0 Å². The minimum Gasteiger partial charge on any atom is -0.324 e. The third kappa shape index (κ3) is 3.62. The van der Waals surface area contributed by atoms with Crippen LogP contribution >= 0.6 is 15.9 Å². The molecule has 1 amide bonds. The molecule has 0 atom stereocenters. The van der Waals surface area contributed by atoms with Crippen LogP contribution in [0.5, 0.6) is 0 Å². The molecule has 3 aromatic rings. The second-order valence-electron chi connectivity index (χ2n) is 5.64. The van der Waals surface area contributed by atoms with E-state index in [9.17, 15) is 19.7 Å². The van der Waals surface area contributed by atoms with Crippen LogP contribution in [0.4, 0.5) is 11.4 Å². The van der Waals surface area contributed by atoms with Crippen molar-refractivity contribution in [1.29, 1.82) is 0 Å². The predicted molar refractivity (Wildman–Crippen MR) is 100 cm³/mol. The summed E-state index contributed by atoms with van der Waals surface area (Å²) in [5.74, 6) is -0.399. The molecule has 0 aliphatic heterocycles. The molecule has 1 aromatic heterocycles. The van der Waals surface area contributed by atoms with Gasteiger partial charge in [0.2, 0.25) is 5.91 Å². The highest BCUT2D eigenvalue weighted by Gasteiger charge is 2.13. The van der Waals surface area contributed by atoms with Crippen LogP contribution in [-0.2, 0) is 11.3 Å². The Labute approximate surface area is 155 Å². The normalized spacial score (nSPS) is 10.7. The molecule has 3 rings (SSSR count). The number of rotatable bonds is 4. The van der Waals surface area contributed by atoms with Gasteiger partial charge in [0.15, 0.2) is 0 Å². The summed E-state index contributed by atoms with van der Waals surface area (Å²) >= 11 is 3.35. The zero-order valence-electron chi connectivity index (χ0n) is 13.6. The summed E-state index contributed by atoms with van der Waals surface area (Å²) in [5.41, 5.74) is 1.12. The molecule has 8 nitrogen and oxygen atoms in total. The highest BCUT2D eigenvalue weighted by atomic mass is 79.9. The second-order valence-corrected chi connectivity index (χ2v) is 6.56. The third-order valence-electron chi connectivity index (χ3n) is 3.79. The first-order chi connectivity index (χ1) is 12.3. The van der Waals surface area contributed by atoms with Gasteiger partial charge in [0.25, 0.3) is 11.2 Å². The van der Waals surface area contributed by atoms with E-state index in [0.717, 1.165) is 20.7 Å². The fraction of sp³-hybridized carbons (Fsp3) is 0.118. The summed E-state index contributed by atoms with van der Waals surface area (Å²) in [6, 6.07) is 9.26. The molecule has 0 aliphatic carbocycles. The number of carbonyl (C=O) groups is 1. The molecule has 9 heteroatoms. The Kier molecular flexibility index (Phi) is 4.81. The van der Waals surface area contributed by atoms with E-state index < -0.39 is 16.4 Å². The second kappa shape index (κ2) is 7.04. The van der Waals surface area contributed by atoms with Crippen LogP contribution < -0.4 is 10.9 Å². The maximum absolute atomic E-state index is 12.5. The van der Waals surface area contributed by atoms with Gasteiger partial charge in [0.05, 0.1) is 22.2 Å². The Morgan fingerprint density at radius 1 is 1.31 bits per heavy atom. The molecule has 0 bridgehead atoms. The third-order valence-corrected chi connectivity index (χ3v) is 4.29. The fourth-order valence-corrected chi connectivity index (χ4v) is 2.96. The van der Waals surface area contributed by atoms with Gasteiger partial charge in [-0.3, -0.25) is 24.3 Å². The smallest absolute Gasteiger partial charge is 0.270 e. The lowest BCUT2D eigenvalue weighted by Crippen LogP contribution is -2.28. The predicted octanol–water partition coefficient (Wildman–Crippen LogP) is 3.01. The molecule has 0 saturated carbocycles. The average molecular weight is 417 g/mol. The number of halogens is 1. The Morgan fingerprint density at radius 3 is 2.77 bits per heavy atom. The first-order valence-corrected chi connectivity index (χ1v) is 8.34. The van der Waals surface area contributed by atoms with Crippen molar-refractivity contribution < 1.29 is 9.72 Å². The number of non-ortho nitro benzene ring substituents is 1. The van der Waals surface area contributed by atoms with Crippen molar-refractivity contribution in [3.63, 3.8) is 0 Å². The highest BCUT2D eigenvalue weighted by Crippen LogP contribution is 2.20. The largest absolute Gasteiger partial charge is 0.324 e. The van der Waals surface area contributed by atoms with Crippen LogP contribution in [0.1, 0.15) is 5.56 Å². The quantitative estimate of drug-likeness (QED) is 0.519. The van der Waals surface area contributed by atoms with Gasteiger partial charge in [-0.05, 0) is 36.8 Å². The van der Waals surface area contributed by atoms with Gasteiger partial charge in [0.1, 0.15) is 6.54 Å². The van der Waals surface area contributed by atoms with E-state index in [1.54, 1.807) is 12.1 Å². The highest BCUT2D eigenvalue weighted by molar-refractivity contribution is 9.10. The summed E-state index contributed by atoms with van der Waals surface area (Å²) in [6.07, 6.45) is 1.25. The summed E-state index contributed by atoms with van der Waals surface area (Å²) < 4.78 is 2.01. The lowest BCUT2D eigenvalue weighted by molar-refractivity contribution is -0.384. The molecule has 0 aliphatic rings. The van der Waals surface area contributed by atoms with Gasteiger partial charge in [0, 0.05) is 22.3 Å². The van der Waals surface area contributed by atoms with Gasteiger partial charge in [-0.25, -0.2) is 4.98 Å². The zero-order valence-corrected chi connectivity index (χ0v) is 15.2. The van der Waals surface area contributed by atoms with Crippen LogP contribution in [0.2, 0.25) is 0 Å². The van der Waals surface area contributed by atoms with Gasteiger partial charge in [-0.15, -0.1) is 0 Å². The van der Waals surface area contributed by atoms with Crippen molar-refractivity contribution in [1.82, 2.24) is 9.55 Å². The molecule has 2 aromatic carbocycles. The Bertz CT molecular complexity index is 1090. The molecule has 0 unspecified atom stereocenters. The number of hydrogen-bond donors (Lipinski definition) is 1. The van der Waals surface area contributed by atoms with Crippen molar-refractivity contribution in [3.8, 4) is 0 Å². The Morgan fingerprint density at radius 2 is 2.08 bits per heavy atom. The topological polar surface area (TPSA) is 107 Å². The van der Waals surface area contributed by atoms with E-state index in [-0.39, 0.29) is 17.6 Å². The number of aromatic nitrogens is 2. The van der Waals surface area contributed by atoms with Crippen LogP contribution in [-0.4, -0.2) is 20.4 Å². The number of hydrogen-bond acceptors (Lipinski definition) is 5. The summed E-state index contributed by atoms with van der Waals surface area (Å²) in [5, 5.41) is 13.7. The maximum atomic E-state index is 12.5. The van der Waals surface area contributed by atoms with Crippen LogP contribution in [0, 0.1) is 17.0 Å². The van der Waals surface area contributed by atoms with E-state index in [1.165, 1.54) is 18.5 Å². The first kappa shape index (κ1) is 17.7. The van der Waals surface area contributed by atoms with Crippen molar-refractivity contribution in [2.75, 3.05) is 5.32 Å². The van der Waals surface area contributed by atoms with Crippen LogP contribution in [0.25, 0.3) is 10.9 Å².